The lowest BCUT2D eigenvalue weighted by Gasteiger charge is -2.39. The van der Waals surface area contributed by atoms with E-state index in [4.69, 9.17) is 32.9 Å². The third kappa shape index (κ3) is 7.77. The number of nitrogens with one attached hydrogen (secondary N) is 3. The van der Waals surface area contributed by atoms with Crippen LogP contribution in [0, 0.1) is 0 Å². The first-order valence-corrected chi connectivity index (χ1v) is 18.8. The summed E-state index contributed by atoms with van der Waals surface area (Å²) in [6, 6.07) is 13.6. The van der Waals surface area contributed by atoms with Gasteiger partial charge in [-0.3, -0.25) is 24.3 Å². The van der Waals surface area contributed by atoms with Gasteiger partial charge in [0.05, 0.1) is 34.2 Å². The molecule has 0 spiro atoms. The number of anilines is 1. The SMILES string of the molecule is COc1cc(-c2nccc(-c3cccc(NC(=O)c4nc5c(n4C)CCN(C4CCN(C(C)=O)CC4)C5)c3Cl)c2Cl)ccc1CNC[C@@H]1CCC(=O)N1. The molecule has 14 heteroatoms. The van der Waals surface area contributed by atoms with E-state index in [1.807, 2.05) is 46.8 Å². The van der Waals surface area contributed by atoms with E-state index >= 15 is 0 Å². The van der Waals surface area contributed by atoms with Crippen molar-refractivity contribution in [3.05, 3.63) is 81.5 Å². The Bertz CT molecular complexity index is 2040. The van der Waals surface area contributed by atoms with Crippen molar-refractivity contribution in [1.29, 1.82) is 0 Å². The Kier molecular flexibility index (Phi) is 11.0. The molecule has 2 saturated heterocycles. The van der Waals surface area contributed by atoms with Crippen molar-refractivity contribution >= 4 is 46.6 Å². The first-order valence-electron chi connectivity index (χ1n) is 18.1. The van der Waals surface area contributed by atoms with Crippen molar-refractivity contribution in [2.24, 2.45) is 7.05 Å². The molecule has 0 unspecified atom stereocenters. The molecule has 0 radical (unpaired) electrons. The van der Waals surface area contributed by atoms with E-state index in [2.05, 4.69) is 25.8 Å². The number of rotatable bonds is 10. The molecule has 3 aliphatic heterocycles. The van der Waals surface area contributed by atoms with Crippen molar-refractivity contribution in [1.82, 2.24) is 35.0 Å². The Morgan fingerprint density at radius 2 is 1.81 bits per heavy atom. The summed E-state index contributed by atoms with van der Waals surface area (Å²) in [6.07, 6.45) is 5.76. The van der Waals surface area contributed by atoms with Crippen molar-refractivity contribution < 1.29 is 19.1 Å². The van der Waals surface area contributed by atoms with Gasteiger partial charge in [-0.1, -0.05) is 47.5 Å². The summed E-state index contributed by atoms with van der Waals surface area (Å²) in [7, 11) is 3.51. The van der Waals surface area contributed by atoms with Crippen LogP contribution in [-0.2, 0) is 36.1 Å². The lowest BCUT2D eigenvalue weighted by atomic mass is 10.00. The standard InChI is InChI=1S/C39H44Cl2N8O4/c1-23(50)48-16-12-27(13-17-48)49-18-14-32-31(22-49)45-38(47(32)2)39(52)46-30-6-4-5-28(35(30)40)29-11-15-43-37(36(29)41)24-7-8-25(33(19-24)53-3)20-42-21-26-9-10-34(51)44-26/h4-8,11,15,19,26-27,42H,9-10,12-14,16-18,20-22H2,1-3H3,(H,44,51)(H,46,52)/t26-/m0/s1. The van der Waals surface area contributed by atoms with Crippen LogP contribution in [0.2, 0.25) is 10.0 Å². The highest BCUT2D eigenvalue weighted by Crippen LogP contribution is 2.41. The number of amides is 3. The molecule has 7 rings (SSSR count). The summed E-state index contributed by atoms with van der Waals surface area (Å²) in [5.74, 6) is 0.893. The second-order valence-electron chi connectivity index (χ2n) is 13.9. The van der Waals surface area contributed by atoms with Gasteiger partial charge in [0.25, 0.3) is 5.91 Å². The Morgan fingerprint density at radius 1 is 1.02 bits per heavy atom. The van der Waals surface area contributed by atoms with Gasteiger partial charge in [-0.25, -0.2) is 4.98 Å². The van der Waals surface area contributed by atoms with Gasteiger partial charge in [0.1, 0.15) is 5.75 Å². The molecule has 5 heterocycles. The average molecular weight is 760 g/mol. The first kappa shape index (κ1) is 36.9. The molecule has 53 heavy (non-hydrogen) atoms. The van der Waals surface area contributed by atoms with Crippen LogP contribution in [0.25, 0.3) is 22.4 Å². The van der Waals surface area contributed by atoms with Crippen LogP contribution in [0.3, 0.4) is 0 Å². The quantitative estimate of drug-likeness (QED) is 0.195. The molecule has 0 bridgehead atoms. The minimum absolute atomic E-state index is 0.0959. The third-order valence-electron chi connectivity index (χ3n) is 10.7. The van der Waals surface area contributed by atoms with Crippen molar-refractivity contribution in [3.8, 4) is 28.1 Å². The van der Waals surface area contributed by atoms with Crippen LogP contribution in [0.15, 0.2) is 48.7 Å². The monoisotopic (exact) mass is 758 g/mol. The fraction of sp³-hybridized carbons (Fsp3) is 0.410. The van der Waals surface area contributed by atoms with E-state index in [9.17, 15) is 14.4 Å². The van der Waals surface area contributed by atoms with Crippen LogP contribution in [0.1, 0.15) is 60.2 Å². The number of hydrogen-bond acceptors (Lipinski definition) is 8. The molecule has 2 fully saturated rings. The molecule has 2 aromatic carbocycles. The van der Waals surface area contributed by atoms with Crippen LogP contribution in [0.5, 0.6) is 5.75 Å². The smallest absolute Gasteiger partial charge is 0.291 e. The van der Waals surface area contributed by atoms with E-state index in [-0.39, 0.29) is 23.8 Å². The van der Waals surface area contributed by atoms with Gasteiger partial charge in [-0.2, -0.15) is 0 Å². The zero-order chi connectivity index (χ0) is 37.2. The van der Waals surface area contributed by atoms with Crippen LogP contribution in [-0.4, -0.2) is 87.4 Å². The molecule has 3 amide bonds. The van der Waals surface area contributed by atoms with E-state index in [1.165, 1.54) is 0 Å². The molecular weight excluding hydrogens is 715 g/mol. The van der Waals surface area contributed by atoms with Gasteiger partial charge in [0, 0.05) is 112 Å². The Hall–Kier alpha value is -4.49. The number of carbonyl (C=O) groups is 3. The lowest BCUT2D eigenvalue weighted by molar-refractivity contribution is -0.130. The molecule has 0 aliphatic carbocycles. The third-order valence-corrected chi connectivity index (χ3v) is 11.5. The summed E-state index contributed by atoms with van der Waals surface area (Å²) in [5.41, 5.74) is 6.05. The summed E-state index contributed by atoms with van der Waals surface area (Å²) >= 11 is 14.0. The predicted molar refractivity (Wildman–Crippen MR) is 205 cm³/mol. The van der Waals surface area contributed by atoms with E-state index < -0.39 is 0 Å². The second-order valence-corrected chi connectivity index (χ2v) is 14.7. The number of imidazole rings is 1. The Balaban J connectivity index is 1.05. The number of likely N-dealkylation sites (tertiary alicyclic amines) is 1. The number of ether oxygens (including phenoxy) is 1. The molecule has 4 aromatic rings. The number of aromatic nitrogens is 3. The molecule has 12 nitrogen and oxygen atoms in total. The van der Waals surface area contributed by atoms with Gasteiger partial charge >= 0.3 is 0 Å². The maximum Gasteiger partial charge on any atom is 0.291 e. The molecule has 278 valence electrons. The highest BCUT2D eigenvalue weighted by molar-refractivity contribution is 6.39. The Labute approximate surface area is 319 Å². The molecular formula is C39H44Cl2N8O4. The minimum atomic E-state index is -0.349. The molecule has 3 N–H and O–H groups in total. The maximum atomic E-state index is 13.7. The average Bonchev–Trinajstić information content (AvgIpc) is 3.74. The summed E-state index contributed by atoms with van der Waals surface area (Å²) in [6.45, 7) is 5.99. The second kappa shape index (κ2) is 15.9. The number of pyridine rings is 1. The number of piperidine rings is 1. The van der Waals surface area contributed by atoms with E-state index in [1.54, 1.807) is 32.4 Å². The predicted octanol–water partition coefficient (Wildman–Crippen LogP) is 5.45. The van der Waals surface area contributed by atoms with Gasteiger partial charge < -0.3 is 30.2 Å². The minimum Gasteiger partial charge on any atom is -0.496 e. The van der Waals surface area contributed by atoms with Crippen LogP contribution >= 0.6 is 23.2 Å². The Morgan fingerprint density at radius 3 is 2.55 bits per heavy atom. The molecule has 3 aliphatic rings. The summed E-state index contributed by atoms with van der Waals surface area (Å²) in [5, 5.41) is 10.1. The normalized spacial score (nSPS) is 17.8. The number of carbonyl (C=O) groups excluding carboxylic acids is 3. The van der Waals surface area contributed by atoms with Crippen molar-refractivity contribution in [2.45, 2.75) is 64.2 Å². The zero-order valence-electron chi connectivity index (χ0n) is 30.2. The highest BCUT2D eigenvalue weighted by Gasteiger charge is 2.32. The summed E-state index contributed by atoms with van der Waals surface area (Å²) < 4.78 is 7.61. The molecule has 0 saturated carbocycles. The van der Waals surface area contributed by atoms with Gasteiger partial charge in [0.2, 0.25) is 11.8 Å². The largest absolute Gasteiger partial charge is 0.496 e. The zero-order valence-corrected chi connectivity index (χ0v) is 31.7. The fourth-order valence-corrected chi connectivity index (χ4v) is 8.32. The summed E-state index contributed by atoms with van der Waals surface area (Å²) in [4.78, 5) is 50.8. The number of hydrogen-bond donors (Lipinski definition) is 3. The van der Waals surface area contributed by atoms with Crippen LogP contribution in [0.4, 0.5) is 5.69 Å². The van der Waals surface area contributed by atoms with E-state index in [0.29, 0.717) is 76.2 Å². The first-order chi connectivity index (χ1) is 25.6. The number of benzene rings is 2. The lowest BCUT2D eigenvalue weighted by Crippen LogP contribution is -2.47. The van der Waals surface area contributed by atoms with Gasteiger partial charge in [0.15, 0.2) is 5.82 Å². The van der Waals surface area contributed by atoms with Crippen molar-refractivity contribution in [3.63, 3.8) is 0 Å². The fourth-order valence-electron chi connectivity index (χ4n) is 7.73. The van der Waals surface area contributed by atoms with Gasteiger partial charge in [-0.05, 0) is 37.5 Å². The van der Waals surface area contributed by atoms with E-state index in [0.717, 1.165) is 67.8 Å². The number of halogens is 2. The number of nitrogens with zero attached hydrogens (tertiary/aromatic N) is 5. The number of methoxy groups -OCH3 is 1. The van der Waals surface area contributed by atoms with Crippen molar-refractivity contribution in [2.75, 3.05) is 38.6 Å². The maximum absolute atomic E-state index is 13.7. The van der Waals surface area contributed by atoms with Gasteiger partial charge in [-0.15, -0.1) is 0 Å². The molecule has 2 aromatic heterocycles. The molecule has 1 atom stereocenters. The highest BCUT2D eigenvalue weighted by atomic mass is 35.5. The topological polar surface area (TPSA) is 134 Å². The van der Waals surface area contributed by atoms with Crippen LogP contribution < -0.4 is 20.7 Å². The number of fused-ring (bicyclic) bond motifs is 1.